The number of para-hydroxylation sites is 2. The average Bonchev–Trinajstić information content (AvgIpc) is 2.72. The van der Waals surface area contributed by atoms with Crippen molar-refractivity contribution in [1.82, 2.24) is 10.2 Å². The first kappa shape index (κ1) is 17.7. The molecule has 0 saturated carbocycles. The summed E-state index contributed by atoms with van der Waals surface area (Å²) < 4.78 is 5.58. The van der Waals surface area contributed by atoms with E-state index in [0.717, 1.165) is 5.56 Å². The van der Waals surface area contributed by atoms with Gasteiger partial charge in [-0.2, -0.15) is 0 Å². The quantitative estimate of drug-likeness (QED) is 0.759. The zero-order valence-corrected chi connectivity index (χ0v) is 15.2. The molecular formula is C21H18N4O3. The molecule has 0 fully saturated rings. The fourth-order valence-corrected chi connectivity index (χ4v) is 3.01. The molecule has 28 heavy (non-hydrogen) atoms. The van der Waals surface area contributed by atoms with Crippen LogP contribution in [0, 0.1) is 0 Å². The molecule has 140 valence electrons. The van der Waals surface area contributed by atoms with Crippen LogP contribution in [-0.2, 0) is 9.59 Å². The Balaban J connectivity index is 1.47. The zero-order valence-electron chi connectivity index (χ0n) is 15.2. The van der Waals surface area contributed by atoms with Gasteiger partial charge in [0.15, 0.2) is 11.9 Å². The van der Waals surface area contributed by atoms with Gasteiger partial charge in [0, 0.05) is 5.56 Å². The molecule has 4 rings (SSSR count). The molecule has 2 heterocycles. The average molecular weight is 374 g/mol. The molecule has 1 atom stereocenters. The molecule has 7 nitrogen and oxygen atoms in total. The number of nitrogens with one attached hydrogen (secondary N) is 1. The summed E-state index contributed by atoms with van der Waals surface area (Å²) >= 11 is 0. The van der Waals surface area contributed by atoms with Crippen molar-refractivity contribution in [2.24, 2.45) is 0 Å². The number of anilines is 2. The second kappa shape index (κ2) is 7.48. The standard InChI is InChI=1S/C21H18N4O3/c1-14-21(27)25(17-9-5-6-10-18(17)28-14)13-20(26)22-19-12-11-16(23-24-19)15-7-3-2-4-8-15/h2-12,14H,13H2,1H3,(H,22,24,26)/t14-/m1/s1. The third-order valence-corrected chi connectivity index (χ3v) is 4.38. The number of hydrogen-bond acceptors (Lipinski definition) is 5. The van der Waals surface area contributed by atoms with Crippen molar-refractivity contribution in [2.75, 3.05) is 16.8 Å². The monoisotopic (exact) mass is 374 g/mol. The number of carbonyl (C=O) groups is 2. The highest BCUT2D eigenvalue weighted by Gasteiger charge is 2.32. The van der Waals surface area contributed by atoms with Gasteiger partial charge in [0.05, 0.1) is 11.4 Å². The minimum Gasteiger partial charge on any atom is -0.479 e. The Morgan fingerprint density at radius 1 is 1.04 bits per heavy atom. The van der Waals surface area contributed by atoms with Crippen molar-refractivity contribution in [3.63, 3.8) is 0 Å². The van der Waals surface area contributed by atoms with E-state index >= 15 is 0 Å². The summed E-state index contributed by atoms with van der Waals surface area (Å²) in [6, 6.07) is 20.3. The normalized spacial score (nSPS) is 15.5. The smallest absolute Gasteiger partial charge is 0.268 e. The van der Waals surface area contributed by atoms with Crippen LogP contribution in [0.15, 0.2) is 66.7 Å². The molecule has 0 saturated heterocycles. The zero-order chi connectivity index (χ0) is 19.5. The van der Waals surface area contributed by atoms with E-state index in [1.54, 1.807) is 37.3 Å². The number of benzene rings is 2. The van der Waals surface area contributed by atoms with E-state index in [4.69, 9.17) is 4.74 Å². The number of aromatic nitrogens is 2. The minimum absolute atomic E-state index is 0.133. The van der Waals surface area contributed by atoms with Gasteiger partial charge in [-0.15, -0.1) is 10.2 Å². The van der Waals surface area contributed by atoms with E-state index in [-0.39, 0.29) is 18.4 Å². The van der Waals surface area contributed by atoms with Gasteiger partial charge < -0.3 is 10.1 Å². The minimum atomic E-state index is -0.646. The number of carbonyl (C=O) groups excluding carboxylic acids is 2. The molecule has 0 bridgehead atoms. The maximum absolute atomic E-state index is 12.5. The fourth-order valence-electron chi connectivity index (χ4n) is 3.01. The first-order valence-corrected chi connectivity index (χ1v) is 8.88. The molecule has 1 N–H and O–H groups in total. The Hall–Kier alpha value is -3.74. The van der Waals surface area contributed by atoms with Crippen molar-refractivity contribution >= 4 is 23.3 Å². The lowest BCUT2D eigenvalue weighted by molar-refractivity contribution is -0.127. The van der Waals surface area contributed by atoms with Crippen LogP contribution in [0.5, 0.6) is 5.75 Å². The maximum atomic E-state index is 12.5. The number of hydrogen-bond donors (Lipinski definition) is 1. The van der Waals surface area contributed by atoms with Gasteiger partial charge in [-0.1, -0.05) is 42.5 Å². The summed E-state index contributed by atoms with van der Waals surface area (Å²) in [7, 11) is 0. The summed E-state index contributed by atoms with van der Waals surface area (Å²) in [6.45, 7) is 1.53. The van der Waals surface area contributed by atoms with Gasteiger partial charge in [0.2, 0.25) is 5.91 Å². The fraction of sp³-hybridized carbons (Fsp3) is 0.143. The second-order valence-corrected chi connectivity index (χ2v) is 6.37. The lowest BCUT2D eigenvalue weighted by Crippen LogP contribution is -2.47. The van der Waals surface area contributed by atoms with Crippen molar-refractivity contribution in [2.45, 2.75) is 13.0 Å². The molecule has 2 amide bonds. The Labute approximate surface area is 162 Å². The van der Waals surface area contributed by atoms with Gasteiger partial charge in [-0.05, 0) is 31.2 Å². The van der Waals surface area contributed by atoms with Crippen LogP contribution in [0.3, 0.4) is 0 Å². The Morgan fingerprint density at radius 2 is 1.79 bits per heavy atom. The van der Waals surface area contributed by atoms with Crippen molar-refractivity contribution < 1.29 is 14.3 Å². The molecule has 0 aliphatic carbocycles. The number of fused-ring (bicyclic) bond motifs is 1. The van der Waals surface area contributed by atoms with Gasteiger partial charge in [0.1, 0.15) is 12.3 Å². The second-order valence-electron chi connectivity index (χ2n) is 6.37. The van der Waals surface area contributed by atoms with Crippen LogP contribution in [0.25, 0.3) is 11.3 Å². The van der Waals surface area contributed by atoms with Crippen LogP contribution in [0.4, 0.5) is 11.5 Å². The van der Waals surface area contributed by atoms with Crippen LogP contribution >= 0.6 is 0 Å². The molecule has 1 aliphatic rings. The van der Waals surface area contributed by atoms with E-state index < -0.39 is 6.10 Å². The van der Waals surface area contributed by atoms with Crippen LogP contribution in [0.2, 0.25) is 0 Å². The molecule has 1 aliphatic heterocycles. The number of ether oxygens (including phenoxy) is 1. The van der Waals surface area contributed by atoms with Gasteiger partial charge in [-0.25, -0.2) is 0 Å². The van der Waals surface area contributed by atoms with Gasteiger partial charge >= 0.3 is 0 Å². The SMILES string of the molecule is C[C@H]1Oc2ccccc2N(CC(=O)Nc2ccc(-c3ccccc3)nn2)C1=O. The molecule has 2 aromatic carbocycles. The van der Waals surface area contributed by atoms with E-state index in [9.17, 15) is 9.59 Å². The molecule has 0 spiro atoms. The van der Waals surface area contributed by atoms with E-state index in [0.29, 0.717) is 22.9 Å². The van der Waals surface area contributed by atoms with Crippen molar-refractivity contribution in [3.8, 4) is 17.0 Å². The Kier molecular flexibility index (Phi) is 4.72. The highest BCUT2D eigenvalue weighted by Crippen LogP contribution is 2.33. The molecular weight excluding hydrogens is 356 g/mol. The first-order valence-electron chi connectivity index (χ1n) is 8.88. The third-order valence-electron chi connectivity index (χ3n) is 4.38. The molecule has 7 heteroatoms. The summed E-state index contributed by atoms with van der Waals surface area (Å²) in [5.74, 6) is 0.277. The topological polar surface area (TPSA) is 84.4 Å². The van der Waals surface area contributed by atoms with E-state index in [2.05, 4.69) is 15.5 Å². The largest absolute Gasteiger partial charge is 0.479 e. The number of rotatable bonds is 4. The molecule has 0 unspecified atom stereocenters. The van der Waals surface area contributed by atoms with E-state index in [1.165, 1.54) is 4.90 Å². The van der Waals surface area contributed by atoms with E-state index in [1.807, 2.05) is 36.4 Å². The van der Waals surface area contributed by atoms with Crippen LogP contribution in [-0.4, -0.2) is 34.7 Å². The highest BCUT2D eigenvalue weighted by molar-refractivity contribution is 6.05. The number of nitrogens with zero attached hydrogens (tertiary/aromatic N) is 3. The summed E-state index contributed by atoms with van der Waals surface area (Å²) in [6.07, 6.45) is -0.646. The summed E-state index contributed by atoms with van der Waals surface area (Å²) in [5.41, 5.74) is 2.23. The summed E-state index contributed by atoms with van der Waals surface area (Å²) in [4.78, 5) is 26.4. The van der Waals surface area contributed by atoms with Crippen LogP contribution in [0.1, 0.15) is 6.92 Å². The van der Waals surface area contributed by atoms with Gasteiger partial charge in [-0.3, -0.25) is 14.5 Å². The highest BCUT2D eigenvalue weighted by atomic mass is 16.5. The molecule has 3 aromatic rings. The van der Waals surface area contributed by atoms with Crippen molar-refractivity contribution in [1.29, 1.82) is 0 Å². The molecule has 0 radical (unpaired) electrons. The van der Waals surface area contributed by atoms with Crippen molar-refractivity contribution in [3.05, 3.63) is 66.7 Å². The predicted molar refractivity (Wildman–Crippen MR) is 105 cm³/mol. The van der Waals surface area contributed by atoms with Gasteiger partial charge in [0.25, 0.3) is 5.91 Å². The van der Waals surface area contributed by atoms with Crippen LogP contribution < -0.4 is 15.0 Å². The Morgan fingerprint density at radius 3 is 2.54 bits per heavy atom. The lowest BCUT2D eigenvalue weighted by atomic mass is 10.1. The summed E-state index contributed by atoms with van der Waals surface area (Å²) in [5, 5.41) is 10.9. The lowest BCUT2D eigenvalue weighted by Gasteiger charge is -2.32. The first-order chi connectivity index (χ1) is 13.6. The maximum Gasteiger partial charge on any atom is 0.268 e. The number of amides is 2. The Bertz CT molecular complexity index is 1010. The molecule has 1 aromatic heterocycles. The third kappa shape index (κ3) is 3.55. The predicted octanol–water partition coefficient (Wildman–Crippen LogP) is 2.90.